The van der Waals surface area contributed by atoms with Crippen molar-refractivity contribution in [2.24, 2.45) is 0 Å². The van der Waals surface area contributed by atoms with Crippen LogP contribution in [-0.4, -0.2) is 46.2 Å². The number of aliphatic hydroxyl groups is 2. The van der Waals surface area contributed by atoms with Crippen molar-refractivity contribution >= 4 is 5.97 Å². The molecule has 1 aliphatic rings. The second-order valence-electron chi connectivity index (χ2n) is 2.49. The standard InChI is InChI=1S/C6H10O5/c7-2-5-3(8)1-4(11-5)6(9)10/h3-5,7-8H,1-2H2,(H,9,10). The number of hydrogen-bond acceptors (Lipinski definition) is 4. The summed E-state index contributed by atoms with van der Waals surface area (Å²) in [6.07, 6.45) is -2.51. The van der Waals surface area contributed by atoms with E-state index in [0.717, 1.165) is 0 Å². The Morgan fingerprint density at radius 1 is 1.64 bits per heavy atom. The van der Waals surface area contributed by atoms with Crippen LogP contribution in [0, 0.1) is 0 Å². The van der Waals surface area contributed by atoms with Gasteiger partial charge in [-0.1, -0.05) is 0 Å². The molecule has 0 bridgehead atoms. The van der Waals surface area contributed by atoms with Gasteiger partial charge < -0.3 is 20.1 Å². The maximum absolute atomic E-state index is 10.3. The minimum absolute atomic E-state index is 0.0561. The molecule has 1 aliphatic heterocycles. The smallest absolute Gasteiger partial charge is 0.332 e. The highest BCUT2D eigenvalue weighted by atomic mass is 16.5. The van der Waals surface area contributed by atoms with E-state index >= 15 is 0 Å². The Morgan fingerprint density at radius 2 is 2.27 bits per heavy atom. The second kappa shape index (κ2) is 3.17. The number of rotatable bonds is 2. The highest BCUT2D eigenvalue weighted by Gasteiger charge is 2.37. The molecule has 0 spiro atoms. The van der Waals surface area contributed by atoms with Crippen molar-refractivity contribution in [3.63, 3.8) is 0 Å². The number of carbonyl (C=O) groups is 1. The summed E-state index contributed by atoms with van der Waals surface area (Å²) >= 11 is 0. The lowest BCUT2D eigenvalue weighted by Crippen LogP contribution is -2.25. The predicted molar refractivity (Wildman–Crippen MR) is 34.0 cm³/mol. The van der Waals surface area contributed by atoms with Crippen LogP contribution in [0.3, 0.4) is 0 Å². The molecule has 11 heavy (non-hydrogen) atoms. The molecule has 0 radical (unpaired) electrons. The van der Waals surface area contributed by atoms with Crippen LogP contribution < -0.4 is 0 Å². The third-order valence-corrected chi connectivity index (χ3v) is 1.68. The lowest BCUT2D eigenvalue weighted by Gasteiger charge is -2.08. The zero-order valence-corrected chi connectivity index (χ0v) is 5.80. The Bertz CT molecular complexity index is 157. The first-order valence-corrected chi connectivity index (χ1v) is 3.32. The number of aliphatic hydroxyl groups excluding tert-OH is 2. The van der Waals surface area contributed by atoms with E-state index in [-0.39, 0.29) is 13.0 Å². The number of aliphatic carboxylic acids is 1. The Labute approximate surface area is 63.2 Å². The topological polar surface area (TPSA) is 87.0 Å². The molecule has 1 rings (SSSR count). The van der Waals surface area contributed by atoms with Crippen molar-refractivity contribution in [3.8, 4) is 0 Å². The van der Waals surface area contributed by atoms with Crippen molar-refractivity contribution < 1.29 is 24.9 Å². The predicted octanol–water partition coefficient (Wildman–Crippen LogP) is -1.42. The lowest BCUT2D eigenvalue weighted by molar-refractivity contribution is -0.150. The lowest BCUT2D eigenvalue weighted by atomic mass is 10.1. The number of carboxylic acid groups (broad SMARTS) is 1. The Hall–Kier alpha value is -0.650. The van der Waals surface area contributed by atoms with Crippen LogP contribution in [0.15, 0.2) is 0 Å². The quantitative estimate of drug-likeness (QED) is 0.464. The fraction of sp³-hybridized carbons (Fsp3) is 0.833. The van der Waals surface area contributed by atoms with Gasteiger partial charge in [0.15, 0.2) is 6.10 Å². The first-order valence-electron chi connectivity index (χ1n) is 3.32. The largest absolute Gasteiger partial charge is 0.479 e. The first-order chi connectivity index (χ1) is 5.15. The number of carboxylic acids is 1. The normalized spacial score (nSPS) is 37.5. The minimum atomic E-state index is -1.10. The maximum atomic E-state index is 10.3. The maximum Gasteiger partial charge on any atom is 0.332 e. The van der Waals surface area contributed by atoms with Gasteiger partial charge in [-0.15, -0.1) is 0 Å². The van der Waals surface area contributed by atoms with Gasteiger partial charge in [0.25, 0.3) is 0 Å². The van der Waals surface area contributed by atoms with Gasteiger partial charge in [0.2, 0.25) is 0 Å². The highest BCUT2D eigenvalue weighted by Crippen LogP contribution is 2.19. The molecule has 3 atom stereocenters. The van der Waals surface area contributed by atoms with E-state index in [9.17, 15) is 4.79 Å². The van der Waals surface area contributed by atoms with Gasteiger partial charge in [-0.2, -0.15) is 0 Å². The van der Waals surface area contributed by atoms with Crippen molar-refractivity contribution in [1.29, 1.82) is 0 Å². The summed E-state index contributed by atoms with van der Waals surface area (Å²) in [5, 5.41) is 26.0. The van der Waals surface area contributed by atoms with Crippen molar-refractivity contribution in [2.75, 3.05) is 6.61 Å². The molecule has 3 unspecified atom stereocenters. The van der Waals surface area contributed by atoms with Gasteiger partial charge in [-0.25, -0.2) is 4.79 Å². The molecular weight excluding hydrogens is 152 g/mol. The van der Waals surface area contributed by atoms with E-state index in [2.05, 4.69) is 0 Å². The molecule has 64 valence electrons. The SMILES string of the molecule is O=C(O)C1CC(O)C(CO)O1. The van der Waals surface area contributed by atoms with E-state index in [0.29, 0.717) is 0 Å². The Balaban J connectivity index is 2.49. The first kappa shape index (κ1) is 8.45. The molecule has 1 heterocycles. The third kappa shape index (κ3) is 1.68. The van der Waals surface area contributed by atoms with Gasteiger partial charge in [0.1, 0.15) is 6.10 Å². The molecule has 3 N–H and O–H groups in total. The van der Waals surface area contributed by atoms with Crippen LogP contribution in [0.5, 0.6) is 0 Å². The van der Waals surface area contributed by atoms with Crippen LogP contribution >= 0.6 is 0 Å². The van der Waals surface area contributed by atoms with E-state index in [1.807, 2.05) is 0 Å². The number of hydrogen-bond donors (Lipinski definition) is 3. The van der Waals surface area contributed by atoms with Crippen molar-refractivity contribution in [2.45, 2.75) is 24.7 Å². The molecule has 0 saturated carbocycles. The molecule has 1 saturated heterocycles. The molecule has 0 aromatic heterocycles. The summed E-state index contributed by atoms with van der Waals surface area (Å²) < 4.78 is 4.78. The highest BCUT2D eigenvalue weighted by molar-refractivity contribution is 5.72. The summed E-state index contributed by atoms with van der Waals surface area (Å²) in [7, 11) is 0. The fourth-order valence-electron chi connectivity index (χ4n) is 1.05. The van der Waals surface area contributed by atoms with Crippen LogP contribution in [0.1, 0.15) is 6.42 Å². The molecule has 0 aromatic carbocycles. The second-order valence-corrected chi connectivity index (χ2v) is 2.49. The summed E-state index contributed by atoms with van der Waals surface area (Å²) in [5.74, 6) is -1.10. The van der Waals surface area contributed by atoms with E-state index < -0.39 is 24.3 Å². The molecule has 5 heteroatoms. The van der Waals surface area contributed by atoms with Crippen molar-refractivity contribution in [1.82, 2.24) is 0 Å². The Morgan fingerprint density at radius 3 is 2.55 bits per heavy atom. The summed E-state index contributed by atoms with van der Waals surface area (Å²) in [5.41, 5.74) is 0. The van der Waals surface area contributed by atoms with E-state index in [1.165, 1.54) is 0 Å². The van der Waals surface area contributed by atoms with Gasteiger partial charge in [-0.3, -0.25) is 0 Å². The van der Waals surface area contributed by atoms with Crippen LogP contribution in [-0.2, 0) is 9.53 Å². The number of ether oxygens (including phenoxy) is 1. The van der Waals surface area contributed by atoms with Crippen LogP contribution in [0.25, 0.3) is 0 Å². The summed E-state index contributed by atoms with van der Waals surface area (Å²) in [6.45, 7) is -0.342. The zero-order valence-electron chi connectivity index (χ0n) is 5.80. The summed E-state index contributed by atoms with van der Waals surface area (Å²) in [4.78, 5) is 10.3. The van der Waals surface area contributed by atoms with Crippen LogP contribution in [0.2, 0.25) is 0 Å². The molecule has 0 aliphatic carbocycles. The molecule has 5 nitrogen and oxygen atoms in total. The fourth-order valence-corrected chi connectivity index (χ4v) is 1.05. The minimum Gasteiger partial charge on any atom is -0.479 e. The Kier molecular flexibility index (Phi) is 2.43. The van der Waals surface area contributed by atoms with Crippen LogP contribution in [0.4, 0.5) is 0 Å². The van der Waals surface area contributed by atoms with Gasteiger partial charge >= 0.3 is 5.97 Å². The monoisotopic (exact) mass is 162 g/mol. The average Bonchev–Trinajstić information content (AvgIpc) is 2.31. The molecule has 0 amide bonds. The van der Waals surface area contributed by atoms with Gasteiger partial charge in [0, 0.05) is 6.42 Å². The van der Waals surface area contributed by atoms with Crippen molar-refractivity contribution in [3.05, 3.63) is 0 Å². The van der Waals surface area contributed by atoms with E-state index in [1.54, 1.807) is 0 Å². The average molecular weight is 162 g/mol. The van der Waals surface area contributed by atoms with Gasteiger partial charge in [0.05, 0.1) is 12.7 Å². The molecule has 1 fully saturated rings. The van der Waals surface area contributed by atoms with Gasteiger partial charge in [-0.05, 0) is 0 Å². The zero-order chi connectivity index (χ0) is 8.43. The third-order valence-electron chi connectivity index (χ3n) is 1.68. The van der Waals surface area contributed by atoms with E-state index in [4.69, 9.17) is 20.1 Å². The molecule has 0 aromatic rings. The summed E-state index contributed by atoms with van der Waals surface area (Å²) in [6, 6.07) is 0. The molecular formula is C6H10O5.